The van der Waals surface area contributed by atoms with Gasteiger partial charge in [0, 0.05) is 101 Å². The largest absolute Gasteiger partial charge is 0.461 e. The van der Waals surface area contributed by atoms with Gasteiger partial charge in [-0.05, 0) is 105 Å². The third kappa shape index (κ3) is 36.9. The van der Waals surface area contributed by atoms with Gasteiger partial charge in [0.2, 0.25) is 0 Å². The topological polar surface area (TPSA) is 349 Å². The summed E-state index contributed by atoms with van der Waals surface area (Å²) in [5, 5.41) is 44.0. The molecule has 27 heteroatoms. The Bertz CT molecular complexity index is 5350. The van der Waals surface area contributed by atoms with E-state index in [0.29, 0.717) is 61.7 Å². The van der Waals surface area contributed by atoms with Gasteiger partial charge in [0.15, 0.2) is 17.3 Å². The molecule has 0 amide bonds. The molecule has 0 saturated heterocycles. The number of nitrogens with zero attached hydrogens (tertiary/aromatic N) is 9. The minimum Gasteiger partial charge on any atom is -0.461 e. The number of halogens is 2. The zero-order valence-corrected chi connectivity index (χ0v) is 83.6. The molecular formula is C108H146Cl2N12O13. The van der Waals surface area contributed by atoms with Crippen LogP contribution in [0.4, 0.5) is 0 Å². The first-order valence-electron chi connectivity index (χ1n) is 47.2. The zero-order valence-electron chi connectivity index (χ0n) is 82.0. The van der Waals surface area contributed by atoms with Crippen LogP contribution in [-0.2, 0) is 102 Å². The van der Waals surface area contributed by atoms with Crippen LogP contribution in [0.5, 0.6) is 0 Å². The molecule has 0 spiro atoms. The number of hydrogen-bond acceptors (Lipinski definition) is 20. The molecule has 7 N–H and O–H groups in total. The van der Waals surface area contributed by atoms with Gasteiger partial charge >= 0.3 is 23.9 Å². The van der Waals surface area contributed by atoms with Crippen molar-refractivity contribution in [3.8, 4) is 56.3 Å². The highest BCUT2D eigenvalue weighted by molar-refractivity contribution is 6.39. The number of benzene rings is 7. The van der Waals surface area contributed by atoms with Crippen LogP contribution >= 0.6 is 24.8 Å². The van der Waals surface area contributed by atoms with Gasteiger partial charge in [0.1, 0.15) is 11.4 Å². The predicted octanol–water partition coefficient (Wildman–Crippen LogP) is 22.6. The van der Waals surface area contributed by atoms with Crippen molar-refractivity contribution in [2.45, 2.75) is 231 Å². The van der Waals surface area contributed by atoms with Crippen molar-refractivity contribution < 1.29 is 62.7 Å². The average molecular weight is 1890 g/mol. The second-order valence-electron chi connectivity index (χ2n) is 31.4. The van der Waals surface area contributed by atoms with E-state index in [4.69, 9.17) is 18.9 Å². The highest BCUT2D eigenvalue weighted by atomic mass is 35.5. The van der Waals surface area contributed by atoms with Gasteiger partial charge in [-0.15, -0.1) is 24.8 Å². The van der Waals surface area contributed by atoms with E-state index >= 15 is 0 Å². The number of aryl methyl sites for hydroxylation is 4. The van der Waals surface area contributed by atoms with Crippen LogP contribution in [0.25, 0.3) is 56.3 Å². The molecule has 12 aromatic rings. The summed E-state index contributed by atoms with van der Waals surface area (Å²) in [6, 6.07) is 68.5. The van der Waals surface area contributed by atoms with Crippen molar-refractivity contribution in [2.24, 2.45) is 45.8 Å². The zero-order chi connectivity index (χ0) is 97.2. The molecule has 0 radical (unpaired) electrons. The number of carbonyl (C=O) groups is 7. The summed E-state index contributed by atoms with van der Waals surface area (Å²) in [6.45, 7) is 23.2. The SMILES string of the molecule is CCCCC(C(=O)C(=O)OCC)C(=O)c1ccccc1.CCCCCC(=O)c1ccccc1.CCCCc1c(-c2ccccc2)n[nH]c1C(=O)OCC.CCCCc1c(-c2ccccc2)nn(C)c1C(=O)OCC.CCCCc1c(-c2ccccc2)nn(C)c1CO.CCCCc1c(C(=O)OCC)nn(C)c1-c1ccccc1.CCCCc1c(CO)nn(C)c1-c1ccccc1.Cl.Cl.NN. The van der Waals surface area contributed by atoms with Crippen LogP contribution in [0.2, 0.25) is 0 Å². The molecule has 730 valence electrons. The molecule has 1 unspecified atom stereocenters. The normalized spacial score (nSPS) is 10.5. The quantitative estimate of drug-likeness (QED) is 0.00347. The van der Waals surface area contributed by atoms with Crippen molar-refractivity contribution in [1.82, 2.24) is 49.3 Å². The van der Waals surface area contributed by atoms with Gasteiger partial charge < -0.3 is 29.2 Å². The van der Waals surface area contributed by atoms with Crippen molar-refractivity contribution in [3.63, 3.8) is 0 Å². The number of hydrazine groups is 1. The van der Waals surface area contributed by atoms with Crippen LogP contribution in [0, 0.1) is 5.92 Å². The second-order valence-corrected chi connectivity index (χ2v) is 31.4. The molecule has 12 rings (SSSR count). The Kier molecular flexibility index (Phi) is 58.2. The summed E-state index contributed by atoms with van der Waals surface area (Å²) in [5.74, 6) is 4.42. The fourth-order valence-electron chi connectivity index (χ4n) is 14.9. The molecule has 5 aromatic heterocycles. The van der Waals surface area contributed by atoms with E-state index in [-0.39, 0.29) is 74.1 Å². The number of ketones is 3. The number of Topliss-reactive ketones (excluding diaryl/α,β-unsaturated/α-hetero) is 3. The molecule has 0 saturated carbocycles. The third-order valence-electron chi connectivity index (χ3n) is 21.6. The highest BCUT2D eigenvalue weighted by Gasteiger charge is 2.33. The van der Waals surface area contributed by atoms with Crippen molar-refractivity contribution in [1.29, 1.82) is 0 Å². The molecule has 0 fully saturated rings. The van der Waals surface area contributed by atoms with Gasteiger partial charge in [0.05, 0.1) is 85.4 Å². The lowest BCUT2D eigenvalue weighted by atomic mass is 9.89. The van der Waals surface area contributed by atoms with Crippen LogP contribution < -0.4 is 11.7 Å². The van der Waals surface area contributed by atoms with E-state index in [0.717, 1.165) is 200 Å². The van der Waals surface area contributed by atoms with Gasteiger partial charge in [-0.25, -0.2) is 19.2 Å². The number of carbonyl (C=O) groups excluding carboxylic acids is 7. The van der Waals surface area contributed by atoms with Crippen LogP contribution in [0.15, 0.2) is 212 Å². The van der Waals surface area contributed by atoms with E-state index in [9.17, 15) is 43.8 Å². The van der Waals surface area contributed by atoms with Crippen molar-refractivity contribution >= 4 is 66.0 Å². The predicted molar refractivity (Wildman–Crippen MR) is 545 cm³/mol. The third-order valence-corrected chi connectivity index (χ3v) is 21.6. The number of ether oxygens (including phenoxy) is 4. The maximum atomic E-state index is 12.4. The second kappa shape index (κ2) is 67.1. The number of H-pyrrole nitrogens is 1. The molecular weight excluding hydrogens is 1740 g/mol. The maximum Gasteiger partial charge on any atom is 0.375 e. The van der Waals surface area contributed by atoms with Gasteiger partial charge in [-0.1, -0.05) is 319 Å². The van der Waals surface area contributed by atoms with Crippen LogP contribution in [0.1, 0.15) is 277 Å². The van der Waals surface area contributed by atoms with Crippen LogP contribution in [-0.4, -0.2) is 127 Å². The number of nitrogens with one attached hydrogen (secondary N) is 1. The molecule has 0 aliphatic rings. The first-order valence-corrected chi connectivity index (χ1v) is 47.2. The number of hydrogen-bond donors (Lipinski definition) is 5. The molecule has 0 aliphatic heterocycles. The van der Waals surface area contributed by atoms with Crippen LogP contribution in [0.3, 0.4) is 0 Å². The number of aromatic amines is 1. The Morgan fingerprint density at radius 3 is 1.18 bits per heavy atom. The fraction of sp³-hybridized carbons (Fsp3) is 0.407. The Morgan fingerprint density at radius 1 is 0.363 bits per heavy atom. The summed E-state index contributed by atoms with van der Waals surface area (Å²) in [4.78, 5) is 83.8. The van der Waals surface area contributed by atoms with E-state index in [1.54, 1.807) is 65.3 Å². The average Bonchev–Trinajstić information content (AvgIpc) is 1.66. The number of aliphatic hydroxyl groups is 2. The standard InChI is InChI=1S/2C17H22N2O2.C16H20N2O2.C16H20O4.2C15H20N2O.C12H16O.2ClH.H4N2/c1-4-6-12-14-15(17(20)21-5-2)18-19(3)16(14)13-10-8-7-9-11-13;1-4-6-12-14-15(13-10-8-7-9-11-13)18-19(3)16(14)17(20)21-5-2;1-3-5-11-13-14(12-9-7-6-8-10-12)17-18-15(13)16(19)20-4-2;1-3-5-11-13(15(18)16(19)20-4-2)14(17)12-9-7-6-8-10-12;1-3-4-10-13-14(11-18)17(2)16-15(13)12-8-6-5-7-9-12;1-3-4-10-13-14(11-18)16-17(2)15(13)12-8-6-5-7-9-12;1-2-3-5-10-12(13)11-8-6-4-7-9-11;;;1-2/h2*7-11H,4-6,12H2,1-3H3;6-10H,3-5,11H2,1-2H3,(H,17,18);6-10,13H,3-5,11H2,1-2H3;2*5-9,18H,3-4,10-11H2,1-2H3;4,6-9H,2-3,5,10H2,1H3;2*1H;1-2H2. The number of rotatable bonds is 41. The summed E-state index contributed by atoms with van der Waals surface area (Å²) in [7, 11) is 7.51. The fourth-order valence-corrected chi connectivity index (χ4v) is 14.9. The smallest absolute Gasteiger partial charge is 0.375 e. The summed E-state index contributed by atoms with van der Waals surface area (Å²) in [6.07, 6.45) is 21.3. The summed E-state index contributed by atoms with van der Waals surface area (Å²) < 4.78 is 27.2. The molecule has 25 nitrogen and oxygen atoms in total. The number of aliphatic hydroxyl groups excluding tert-OH is 2. The molecule has 0 bridgehead atoms. The van der Waals surface area contributed by atoms with E-state index in [1.165, 1.54) is 23.1 Å². The monoisotopic (exact) mass is 1890 g/mol. The number of unbranched alkanes of at least 4 members (excludes halogenated alkanes) is 8. The molecule has 135 heavy (non-hydrogen) atoms. The van der Waals surface area contributed by atoms with E-state index in [2.05, 4.69) is 108 Å². The summed E-state index contributed by atoms with van der Waals surface area (Å²) in [5.41, 5.74) is 20.2. The first-order chi connectivity index (χ1) is 64.6. The molecule has 7 aromatic carbocycles. The first kappa shape index (κ1) is 117. The van der Waals surface area contributed by atoms with Gasteiger partial charge in [-0.3, -0.25) is 49.9 Å². The molecule has 0 aliphatic carbocycles. The number of esters is 4. The Morgan fingerprint density at radius 2 is 0.733 bits per heavy atom. The molecule has 5 heterocycles. The number of nitrogens with two attached hydrogens (primary N) is 2. The minimum absolute atomic E-state index is 0. The lowest BCUT2D eigenvalue weighted by molar-refractivity contribution is -0.154. The Hall–Kier alpha value is -12.1. The number of aromatic nitrogens is 10. The van der Waals surface area contributed by atoms with Gasteiger partial charge in [-0.2, -0.15) is 25.5 Å². The van der Waals surface area contributed by atoms with Gasteiger partial charge in [0.25, 0.3) is 5.78 Å². The van der Waals surface area contributed by atoms with Crippen molar-refractivity contribution in [2.75, 3.05) is 26.4 Å². The maximum absolute atomic E-state index is 12.4. The lowest BCUT2D eigenvalue weighted by Gasteiger charge is -2.13. The minimum atomic E-state index is -0.934. The molecule has 1 atom stereocenters. The Labute approximate surface area is 812 Å². The highest BCUT2D eigenvalue weighted by Crippen LogP contribution is 2.33. The van der Waals surface area contributed by atoms with Crippen molar-refractivity contribution in [3.05, 3.63) is 280 Å². The van der Waals surface area contributed by atoms with E-state index < -0.39 is 17.7 Å². The Balaban J connectivity index is 0.000000405. The lowest BCUT2D eigenvalue weighted by Crippen LogP contribution is -2.31. The van der Waals surface area contributed by atoms with E-state index in [1.807, 2.05) is 204 Å². The summed E-state index contributed by atoms with van der Waals surface area (Å²) >= 11 is 0.